The van der Waals surface area contributed by atoms with Gasteiger partial charge in [-0.3, -0.25) is 0 Å². The maximum atomic E-state index is 8.88. The number of hydrogen-bond donors (Lipinski definition) is 6. The van der Waals surface area contributed by atoms with Crippen LogP contribution in [0.1, 0.15) is 0 Å². The zero-order chi connectivity index (χ0) is 9.00. The Morgan fingerprint density at radius 2 is 0.667 bits per heavy atom. The molecule has 0 aromatic carbocycles. The molecular formula is H10AlNaO8P2. The van der Waals surface area contributed by atoms with Crippen molar-refractivity contribution in [3.8, 4) is 0 Å². The summed E-state index contributed by atoms with van der Waals surface area (Å²) in [6, 6.07) is 0. The molecule has 0 aliphatic carbocycles. The predicted molar refractivity (Wildman–Crippen MR) is 45.6 cm³/mol. The van der Waals surface area contributed by atoms with Gasteiger partial charge in [-0.25, -0.2) is 9.13 Å². The fraction of sp³-hybridized carbons (Fsp3) is 0. The number of phosphoric acid groups is 2. The van der Waals surface area contributed by atoms with Crippen LogP contribution in [0.3, 0.4) is 0 Å². The van der Waals surface area contributed by atoms with Crippen LogP contribution >= 0.6 is 15.6 Å². The van der Waals surface area contributed by atoms with Crippen LogP contribution in [0.5, 0.6) is 0 Å². The third-order valence-electron chi connectivity index (χ3n) is 0. The van der Waals surface area contributed by atoms with Crippen LogP contribution in [0.15, 0.2) is 0 Å². The zero-order valence-corrected chi connectivity index (χ0v) is 6.18. The molecule has 0 saturated heterocycles. The van der Waals surface area contributed by atoms with E-state index < -0.39 is 15.6 Å². The zero-order valence-electron chi connectivity index (χ0n) is 4.39. The molecule has 0 amide bonds. The normalized spacial score (nSPS) is 9.83. The topological polar surface area (TPSA) is 156 Å². The van der Waals surface area contributed by atoms with Gasteiger partial charge in [0.1, 0.15) is 0 Å². The number of hydrogen-bond acceptors (Lipinski definition) is 2. The molecule has 8 nitrogen and oxygen atoms in total. The van der Waals surface area contributed by atoms with Crippen molar-refractivity contribution >= 4 is 62.6 Å². The van der Waals surface area contributed by atoms with Gasteiger partial charge < -0.3 is 29.4 Å². The summed E-state index contributed by atoms with van der Waals surface area (Å²) >= 11 is 0. The summed E-state index contributed by atoms with van der Waals surface area (Å²) in [7, 11) is -9.28. The van der Waals surface area contributed by atoms with Gasteiger partial charge in [0.05, 0.1) is 0 Å². The minimum absolute atomic E-state index is 0. The van der Waals surface area contributed by atoms with E-state index in [1.807, 2.05) is 0 Å². The molecule has 0 rings (SSSR count). The molecule has 12 heavy (non-hydrogen) atoms. The Balaban J connectivity index is -0.0000000457. The van der Waals surface area contributed by atoms with Gasteiger partial charge >= 0.3 is 45.2 Å². The minimum atomic E-state index is -4.64. The summed E-state index contributed by atoms with van der Waals surface area (Å²) in [5, 5.41) is 0. The van der Waals surface area contributed by atoms with Crippen LogP contribution in [0.2, 0.25) is 0 Å². The molecule has 0 aliphatic heterocycles. The SMILES string of the molecule is O=P(O)(O)O.O=P(O)(O)O.[AlH3].[NaH]. The Morgan fingerprint density at radius 1 is 0.667 bits per heavy atom. The summed E-state index contributed by atoms with van der Waals surface area (Å²) in [5.74, 6) is 0. The van der Waals surface area contributed by atoms with E-state index >= 15 is 0 Å². The van der Waals surface area contributed by atoms with E-state index in [1.54, 1.807) is 0 Å². The van der Waals surface area contributed by atoms with Crippen LogP contribution < -0.4 is 0 Å². The monoisotopic (exact) mass is 250 g/mol. The molecular weight excluding hydrogens is 240 g/mol. The van der Waals surface area contributed by atoms with E-state index in [2.05, 4.69) is 0 Å². The third kappa shape index (κ3) is 442. The summed E-state index contributed by atoms with van der Waals surface area (Å²) in [4.78, 5) is 43.1. The molecule has 12 heteroatoms. The first-order valence-corrected chi connectivity index (χ1v) is 4.70. The van der Waals surface area contributed by atoms with Gasteiger partial charge in [0.2, 0.25) is 0 Å². The fourth-order valence-electron chi connectivity index (χ4n) is 0. The van der Waals surface area contributed by atoms with Gasteiger partial charge in [0, 0.05) is 0 Å². The molecule has 72 valence electrons. The maximum absolute atomic E-state index is 8.88. The van der Waals surface area contributed by atoms with E-state index in [1.165, 1.54) is 0 Å². The predicted octanol–water partition coefficient (Wildman–Crippen LogP) is -3.69. The van der Waals surface area contributed by atoms with Crippen molar-refractivity contribution in [2.24, 2.45) is 0 Å². The molecule has 0 fully saturated rings. The summed E-state index contributed by atoms with van der Waals surface area (Å²) in [6.45, 7) is 0. The van der Waals surface area contributed by atoms with Crippen molar-refractivity contribution in [2.45, 2.75) is 0 Å². The Hall–Kier alpha value is 1.75. The third-order valence-corrected chi connectivity index (χ3v) is 0. The first-order valence-electron chi connectivity index (χ1n) is 1.57. The van der Waals surface area contributed by atoms with Crippen LogP contribution in [0, 0.1) is 0 Å². The molecule has 0 aromatic rings. The first kappa shape index (κ1) is 23.5. The molecule has 0 heterocycles. The second kappa shape index (κ2) is 9.31. The van der Waals surface area contributed by atoms with Crippen LogP contribution in [0.4, 0.5) is 0 Å². The van der Waals surface area contributed by atoms with Gasteiger partial charge in [-0.05, 0) is 0 Å². The van der Waals surface area contributed by atoms with Gasteiger partial charge in [-0.2, -0.15) is 0 Å². The molecule has 0 aromatic heterocycles. The molecule has 0 bridgehead atoms. The summed E-state index contributed by atoms with van der Waals surface area (Å²) in [6.07, 6.45) is 0. The van der Waals surface area contributed by atoms with Crippen molar-refractivity contribution in [1.82, 2.24) is 0 Å². The van der Waals surface area contributed by atoms with Crippen molar-refractivity contribution in [3.05, 3.63) is 0 Å². The van der Waals surface area contributed by atoms with E-state index in [9.17, 15) is 0 Å². The second-order valence-electron chi connectivity index (χ2n) is 1.03. The Morgan fingerprint density at radius 3 is 0.667 bits per heavy atom. The van der Waals surface area contributed by atoms with Crippen LogP contribution in [-0.4, -0.2) is 76.3 Å². The van der Waals surface area contributed by atoms with E-state index in [4.69, 9.17) is 38.5 Å². The van der Waals surface area contributed by atoms with E-state index in [0.717, 1.165) is 0 Å². The molecule has 0 spiro atoms. The Labute approximate surface area is 101 Å². The molecule has 0 radical (unpaired) electrons. The summed E-state index contributed by atoms with van der Waals surface area (Å²) < 4.78 is 17.8. The molecule has 0 atom stereocenters. The molecule has 0 unspecified atom stereocenters. The van der Waals surface area contributed by atoms with Crippen LogP contribution in [-0.2, 0) is 9.13 Å². The van der Waals surface area contributed by atoms with Gasteiger partial charge in [0.15, 0.2) is 17.4 Å². The summed E-state index contributed by atoms with van der Waals surface area (Å²) in [5.41, 5.74) is 0. The van der Waals surface area contributed by atoms with Crippen molar-refractivity contribution in [3.63, 3.8) is 0 Å². The molecule has 6 N–H and O–H groups in total. The van der Waals surface area contributed by atoms with Crippen molar-refractivity contribution < 1.29 is 38.5 Å². The van der Waals surface area contributed by atoms with Crippen LogP contribution in [0.25, 0.3) is 0 Å². The second-order valence-corrected chi connectivity index (χ2v) is 3.08. The average Bonchev–Trinajstić information content (AvgIpc) is 1.12. The Kier molecular flexibility index (Phi) is 18.2. The molecule has 0 saturated carbocycles. The van der Waals surface area contributed by atoms with Gasteiger partial charge in [-0.1, -0.05) is 0 Å². The standard InChI is InChI=1S/Al.Na.2H3O4P.4H/c;;2*1-5(2,3)4;;;;/h;;2*(H3,1,2,3,4);;;;. The van der Waals surface area contributed by atoms with E-state index in [-0.39, 0.29) is 46.9 Å². The van der Waals surface area contributed by atoms with E-state index in [0.29, 0.717) is 0 Å². The van der Waals surface area contributed by atoms with Crippen molar-refractivity contribution in [1.29, 1.82) is 0 Å². The van der Waals surface area contributed by atoms with Crippen molar-refractivity contribution in [2.75, 3.05) is 0 Å². The number of rotatable bonds is 0. The molecule has 0 aliphatic rings. The average molecular weight is 250 g/mol. The quantitative estimate of drug-likeness (QED) is 0.189. The Bertz CT molecular complexity index is 129. The van der Waals surface area contributed by atoms with Gasteiger partial charge in [-0.15, -0.1) is 0 Å². The first-order chi connectivity index (χ1) is 4.00. The van der Waals surface area contributed by atoms with Gasteiger partial charge in [0.25, 0.3) is 0 Å². The fourth-order valence-corrected chi connectivity index (χ4v) is 0.